The summed E-state index contributed by atoms with van der Waals surface area (Å²) in [4.78, 5) is 0. The Bertz CT molecular complexity index is 2990. The van der Waals surface area contributed by atoms with Crippen LogP contribution in [0.15, 0.2) is 188 Å². The molecule has 0 heterocycles. The number of hydrogen-bond acceptors (Lipinski definition) is 0. The fourth-order valence-corrected chi connectivity index (χ4v) is 8.42. The van der Waals surface area contributed by atoms with Crippen LogP contribution in [0, 0.1) is 0 Å². The normalized spacial score (nSPS) is 11.6. The summed E-state index contributed by atoms with van der Waals surface area (Å²) >= 11 is 0. The SMILES string of the molecule is Pc1c(-c2cccc(-c3cccc(-c4ccc5cc(-c6ccc7ccc8c9ccccc9ccc8c7c6)ccc5c4)c3)c2)ccc2ccccc12. The Morgan fingerprint density at radius 3 is 1.33 bits per heavy atom. The summed E-state index contributed by atoms with van der Waals surface area (Å²) in [6.45, 7) is 0. The molecule has 0 amide bonds. The summed E-state index contributed by atoms with van der Waals surface area (Å²) in [5, 5.41) is 14.0. The molecule has 0 saturated carbocycles. The van der Waals surface area contributed by atoms with Gasteiger partial charge in [-0.15, -0.1) is 9.24 Å². The second kappa shape index (κ2) is 12.1. The topological polar surface area (TPSA) is 0 Å². The maximum Gasteiger partial charge on any atom is -0.00987 e. The molecule has 1 unspecified atom stereocenters. The molecule has 1 atom stereocenters. The summed E-state index contributed by atoms with van der Waals surface area (Å²) < 4.78 is 0. The van der Waals surface area contributed by atoms with Gasteiger partial charge in [-0.1, -0.05) is 158 Å². The first kappa shape index (κ1) is 29.8. The van der Waals surface area contributed by atoms with E-state index in [-0.39, 0.29) is 0 Å². The number of rotatable bonds is 4. The van der Waals surface area contributed by atoms with Gasteiger partial charge >= 0.3 is 0 Å². The van der Waals surface area contributed by atoms with Gasteiger partial charge in [-0.3, -0.25) is 0 Å². The van der Waals surface area contributed by atoms with E-state index in [0.717, 1.165) is 0 Å². The zero-order valence-corrected chi connectivity index (χ0v) is 29.1. The number of benzene rings is 10. The Kier molecular flexibility index (Phi) is 7.05. The van der Waals surface area contributed by atoms with Gasteiger partial charge in [0.1, 0.15) is 0 Å². The summed E-state index contributed by atoms with van der Waals surface area (Å²) in [6, 6.07) is 69.2. The molecule has 0 saturated heterocycles. The van der Waals surface area contributed by atoms with Crippen molar-refractivity contribution in [3.05, 3.63) is 188 Å². The summed E-state index contributed by atoms with van der Waals surface area (Å²) in [5.74, 6) is 0. The largest absolute Gasteiger partial charge is 0.104 e. The van der Waals surface area contributed by atoms with Crippen molar-refractivity contribution in [3.63, 3.8) is 0 Å². The molecule has 0 aromatic heterocycles. The third-order valence-corrected chi connectivity index (χ3v) is 11.2. The molecule has 0 nitrogen and oxygen atoms in total. The van der Waals surface area contributed by atoms with E-state index < -0.39 is 0 Å². The fourth-order valence-electron chi connectivity index (χ4n) is 7.89. The molecule has 0 aliphatic rings. The molecular formula is C50H33P. The molecule has 0 aliphatic heterocycles. The molecule has 1 heteroatoms. The van der Waals surface area contributed by atoms with E-state index in [1.807, 2.05) is 0 Å². The standard InChI is InChI=1S/C50H33P/c51-50-45-14-4-2-8-33(45)21-24-46(50)43-12-6-11-37(30-43)35-9-5-10-36(27-35)38-17-18-40-29-41(20-19-39(40)28-38)42-16-15-34-23-25-47-44-13-3-1-7-32(44)22-26-48(47)49(34)31-42/h1-31H,51H2. The van der Waals surface area contributed by atoms with Gasteiger partial charge in [0.15, 0.2) is 0 Å². The van der Waals surface area contributed by atoms with Gasteiger partial charge in [-0.2, -0.15) is 0 Å². The molecule has 0 fully saturated rings. The van der Waals surface area contributed by atoms with Crippen molar-refractivity contribution in [2.45, 2.75) is 0 Å². The zero-order chi connectivity index (χ0) is 33.9. The van der Waals surface area contributed by atoms with Crippen LogP contribution in [0.3, 0.4) is 0 Å². The lowest BCUT2D eigenvalue weighted by atomic mass is 9.93. The highest BCUT2D eigenvalue weighted by Gasteiger charge is 2.11. The third-order valence-electron chi connectivity index (χ3n) is 10.6. The Balaban J connectivity index is 0.980. The van der Waals surface area contributed by atoms with Crippen LogP contribution >= 0.6 is 9.24 Å². The lowest BCUT2D eigenvalue weighted by molar-refractivity contribution is 1.59. The van der Waals surface area contributed by atoms with Gasteiger partial charge in [0.2, 0.25) is 0 Å². The Labute approximate surface area is 299 Å². The first-order chi connectivity index (χ1) is 25.2. The smallest absolute Gasteiger partial charge is 0.00987 e. The van der Waals surface area contributed by atoms with Crippen molar-refractivity contribution in [1.29, 1.82) is 0 Å². The van der Waals surface area contributed by atoms with Crippen LogP contribution in [0.5, 0.6) is 0 Å². The van der Waals surface area contributed by atoms with Gasteiger partial charge < -0.3 is 0 Å². The lowest BCUT2D eigenvalue weighted by Gasteiger charge is -2.12. The average Bonchev–Trinajstić information content (AvgIpc) is 3.20. The maximum absolute atomic E-state index is 2.98. The molecule has 0 N–H and O–H groups in total. The van der Waals surface area contributed by atoms with E-state index in [1.165, 1.54) is 104 Å². The highest BCUT2D eigenvalue weighted by atomic mass is 31.0. The van der Waals surface area contributed by atoms with Gasteiger partial charge in [-0.25, -0.2) is 0 Å². The van der Waals surface area contributed by atoms with Gasteiger partial charge in [0.25, 0.3) is 0 Å². The molecule has 0 bridgehead atoms. The van der Waals surface area contributed by atoms with Crippen LogP contribution < -0.4 is 5.30 Å². The quantitative estimate of drug-likeness (QED) is 0.130. The Morgan fingerprint density at radius 1 is 0.235 bits per heavy atom. The van der Waals surface area contributed by atoms with Crippen LogP contribution in [0.4, 0.5) is 0 Å². The molecule has 0 spiro atoms. The number of fused-ring (bicyclic) bond motifs is 7. The van der Waals surface area contributed by atoms with Crippen LogP contribution in [-0.4, -0.2) is 0 Å². The number of hydrogen-bond donors (Lipinski definition) is 0. The molecule has 0 radical (unpaired) electrons. The monoisotopic (exact) mass is 664 g/mol. The molecule has 10 rings (SSSR count). The molecular weight excluding hydrogens is 632 g/mol. The van der Waals surface area contributed by atoms with Crippen LogP contribution in [0.25, 0.3) is 98.4 Å². The molecule has 51 heavy (non-hydrogen) atoms. The summed E-state index contributed by atoms with van der Waals surface area (Å²) in [7, 11) is 2.98. The summed E-state index contributed by atoms with van der Waals surface area (Å²) in [6.07, 6.45) is 0. The van der Waals surface area contributed by atoms with Crippen molar-refractivity contribution >= 4 is 68.4 Å². The van der Waals surface area contributed by atoms with E-state index in [2.05, 4.69) is 197 Å². The van der Waals surface area contributed by atoms with E-state index in [1.54, 1.807) is 0 Å². The van der Waals surface area contributed by atoms with E-state index >= 15 is 0 Å². The van der Waals surface area contributed by atoms with Crippen molar-refractivity contribution in [3.8, 4) is 44.5 Å². The second-order valence-corrected chi connectivity index (χ2v) is 14.1. The van der Waals surface area contributed by atoms with Crippen LogP contribution in [-0.2, 0) is 0 Å². The zero-order valence-electron chi connectivity index (χ0n) is 28.0. The van der Waals surface area contributed by atoms with E-state index in [0.29, 0.717) is 0 Å². The Morgan fingerprint density at radius 2 is 0.667 bits per heavy atom. The highest BCUT2D eigenvalue weighted by molar-refractivity contribution is 7.29. The fraction of sp³-hybridized carbons (Fsp3) is 0. The van der Waals surface area contributed by atoms with Crippen molar-refractivity contribution < 1.29 is 0 Å². The third kappa shape index (κ3) is 5.20. The first-order valence-corrected chi connectivity index (χ1v) is 18.1. The molecule has 10 aromatic carbocycles. The first-order valence-electron chi connectivity index (χ1n) is 17.5. The van der Waals surface area contributed by atoms with Gasteiger partial charge in [0, 0.05) is 0 Å². The second-order valence-electron chi connectivity index (χ2n) is 13.6. The lowest BCUT2D eigenvalue weighted by Crippen LogP contribution is -1.99. The average molecular weight is 665 g/mol. The summed E-state index contributed by atoms with van der Waals surface area (Å²) in [5.41, 5.74) is 9.81. The molecule has 10 aromatic rings. The Hall–Kier alpha value is -6.07. The van der Waals surface area contributed by atoms with E-state index in [9.17, 15) is 0 Å². The molecule has 238 valence electrons. The van der Waals surface area contributed by atoms with E-state index in [4.69, 9.17) is 0 Å². The highest BCUT2D eigenvalue weighted by Crippen LogP contribution is 2.36. The minimum atomic E-state index is 1.22. The van der Waals surface area contributed by atoms with Crippen LogP contribution in [0.1, 0.15) is 0 Å². The minimum absolute atomic E-state index is 1.22. The predicted octanol–water partition coefficient (Wildman–Crippen LogP) is 13.6. The maximum atomic E-state index is 2.98. The van der Waals surface area contributed by atoms with Crippen molar-refractivity contribution in [1.82, 2.24) is 0 Å². The molecule has 0 aliphatic carbocycles. The van der Waals surface area contributed by atoms with Crippen LogP contribution in [0.2, 0.25) is 0 Å². The van der Waals surface area contributed by atoms with Gasteiger partial charge in [-0.05, 0) is 134 Å². The van der Waals surface area contributed by atoms with Crippen molar-refractivity contribution in [2.24, 2.45) is 0 Å². The minimum Gasteiger partial charge on any atom is -0.104 e. The predicted molar refractivity (Wildman–Crippen MR) is 225 cm³/mol. The van der Waals surface area contributed by atoms with Gasteiger partial charge in [0.05, 0.1) is 0 Å². The van der Waals surface area contributed by atoms with Crippen molar-refractivity contribution in [2.75, 3.05) is 0 Å².